The van der Waals surface area contributed by atoms with Crippen LogP contribution in [0.5, 0.6) is 0 Å². The molecule has 4 rings (SSSR count). The number of carbonyl (C=O) groups excluding carboxylic acids is 2. The lowest BCUT2D eigenvalue weighted by Gasteiger charge is -2.26. The van der Waals surface area contributed by atoms with Gasteiger partial charge in [-0.1, -0.05) is 12.5 Å². The molecule has 3 heterocycles. The molecule has 166 valence electrons. The van der Waals surface area contributed by atoms with Crippen molar-refractivity contribution < 1.29 is 22.4 Å². The number of amides is 2. The SMILES string of the molecule is Cc1ccc(S(=O)(=O)N2CCCCC2)cc1NC(=O)[C@@H]1CCCN1C(=O)c1ccco1. The average molecular weight is 446 g/mol. The molecule has 8 nitrogen and oxygen atoms in total. The molecule has 0 spiro atoms. The number of carbonyl (C=O) groups is 2. The van der Waals surface area contributed by atoms with Crippen LogP contribution in [0.1, 0.15) is 48.2 Å². The molecule has 2 aliphatic rings. The van der Waals surface area contributed by atoms with Crippen molar-refractivity contribution in [2.75, 3.05) is 25.0 Å². The summed E-state index contributed by atoms with van der Waals surface area (Å²) in [5.74, 6) is -0.445. The Labute approximate surface area is 182 Å². The number of rotatable bonds is 5. The van der Waals surface area contributed by atoms with E-state index in [1.54, 1.807) is 24.3 Å². The van der Waals surface area contributed by atoms with Gasteiger partial charge >= 0.3 is 0 Å². The van der Waals surface area contributed by atoms with Crippen LogP contribution in [0.15, 0.2) is 45.9 Å². The van der Waals surface area contributed by atoms with Crippen LogP contribution in [-0.4, -0.2) is 55.1 Å². The molecule has 2 aliphatic heterocycles. The monoisotopic (exact) mass is 445 g/mol. The molecule has 0 unspecified atom stereocenters. The van der Waals surface area contributed by atoms with Crippen LogP contribution < -0.4 is 5.32 Å². The third-order valence-electron chi connectivity index (χ3n) is 5.97. The van der Waals surface area contributed by atoms with E-state index in [-0.39, 0.29) is 22.5 Å². The number of furan rings is 1. The van der Waals surface area contributed by atoms with Gasteiger partial charge in [-0.05, 0) is 62.4 Å². The van der Waals surface area contributed by atoms with E-state index < -0.39 is 16.1 Å². The van der Waals surface area contributed by atoms with Crippen LogP contribution in [0.3, 0.4) is 0 Å². The van der Waals surface area contributed by atoms with Gasteiger partial charge in [-0.15, -0.1) is 0 Å². The largest absolute Gasteiger partial charge is 0.459 e. The molecule has 1 aromatic carbocycles. The van der Waals surface area contributed by atoms with E-state index >= 15 is 0 Å². The Kier molecular flexibility index (Phi) is 6.15. The van der Waals surface area contributed by atoms with E-state index in [1.807, 2.05) is 6.92 Å². The van der Waals surface area contributed by atoms with E-state index in [1.165, 1.54) is 21.5 Å². The number of piperidine rings is 1. The van der Waals surface area contributed by atoms with Gasteiger partial charge in [0.15, 0.2) is 5.76 Å². The number of benzene rings is 1. The number of hydrogen-bond donors (Lipinski definition) is 1. The summed E-state index contributed by atoms with van der Waals surface area (Å²) in [7, 11) is -3.60. The van der Waals surface area contributed by atoms with Crippen molar-refractivity contribution in [3.05, 3.63) is 47.9 Å². The summed E-state index contributed by atoms with van der Waals surface area (Å²) in [4.78, 5) is 27.4. The summed E-state index contributed by atoms with van der Waals surface area (Å²) in [6.07, 6.45) is 5.44. The lowest BCUT2D eigenvalue weighted by atomic mass is 10.1. The average Bonchev–Trinajstić information content (AvgIpc) is 3.47. The summed E-state index contributed by atoms with van der Waals surface area (Å²) in [5.41, 5.74) is 1.20. The molecular weight excluding hydrogens is 418 g/mol. The van der Waals surface area contributed by atoms with Gasteiger partial charge in [0.05, 0.1) is 11.2 Å². The third-order valence-corrected chi connectivity index (χ3v) is 7.86. The standard InChI is InChI=1S/C22H27N3O5S/c1-16-9-10-17(31(28,29)24-11-3-2-4-12-24)15-18(16)23-21(26)19-7-5-13-25(19)22(27)20-8-6-14-30-20/h6,8-10,14-15,19H,2-5,7,11-13H2,1H3,(H,23,26)/t19-/m0/s1. The fourth-order valence-electron chi connectivity index (χ4n) is 4.19. The number of nitrogens with zero attached hydrogens (tertiary/aromatic N) is 2. The predicted octanol–water partition coefficient (Wildman–Crippen LogP) is 3.01. The van der Waals surface area contributed by atoms with Gasteiger partial charge in [0, 0.05) is 25.3 Å². The van der Waals surface area contributed by atoms with Crippen LogP contribution in [0.25, 0.3) is 0 Å². The zero-order valence-electron chi connectivity index (χ0n) is 17.5. The molecular formula is C22H27N3O5S. The summed E-state index contributed by atoms with van der Waals surface area (Å²) in [6, 6.07) is 7.39. The fraction of sp³-hybridized carbons (Fsp3) is 0.455. The van der Waals surface area contributed by atoms with Gasteiger partial charge in [-0.25, -0.2) is 8.42 Å². The molecule has 2 saturated heterocycles. The van der Waals surface area contributed by atoms with Crippen molar-refractivity contribution in [3.8, 4) is 0 Å². The van der Waals surface area contributed by atoms with Crippen LogP contribution in [0.4, 0.5) is 5.69 Å². The number of aryl methyl sites for hydroxylation is 1. The second-order valence-corrected chi connectivity index (χ2v) is 10.0. The van der Waals surface area contributed by atoms with Crippen molar-refractivity contribution in [3.63, 3.8) is 0 Å². The predicted molar refractivity (Wildman–Crippen MR) is 115 cm³/mol. The van der Waals surface area contributed by atoms with E-state index in [4.69, 9.17) is 4.42 Å². The summed E-state index contributed by atoms with van der Waals surface area (Å²) in [5, 5.41) is 2.85. The van der Waals surface area contributed by atoms with Gasteiger partial charge < -0.3 is 14.6 Å². The first kappa shape index (κ1) is 21.6. The summed E-state index contributed by atoms with van der Waals surface area (Å²) < 4.78 is 32.7. The van der Waals surface area contributed by atoms with E-state index in [0.717, 1.165) is 24.8 Å². The molecule has 0 saturated carbocycles. The highest BCUT2D eigenvalue weighted by Crippen LogP contribution is 2.27. The lowest BCUT2D eigenvalue weighted by Crippen LogP contribution is -2.43. The molecule has 9 heteroatoms. The van der Waals surface area contributed by atoms with Crippen molar-refractivity contribution in [1.29, 1.82) is 0 Å². The minimum absolute atomic E-state index is 0.172. The van der Waals surface area contributed by atoms with E-state index in [9.17, 15) is 18.0 Å². The number of likely N-dealkylation sites (tertiary alicyclic amines) is 1. The Bertz CT molecular complexity index is 1060. The first-order valence-electron chi connectivity index (χ1n) is 10.6. The molecule has 0 radical (unpaired) electrons. The first-order chi connectivity index (χ1) is 14.9. The Morgan fingerprint density at radius 3 is 2.55 bits per heavy atom. The van der Waals surface area contributed by atoms with E-state index in [2.05, 4.69) is 5.32 Å². The Morgan fingerprint density at radius 2 is 1.84 bits per heavy atom. The normalized spacial score (nSPS) is 20.0. The highest BCUT2D eigenvalue weighted by Gasteiger charge is 2.36. The highest BCUT2D eigenvalue weighted by molar-refractivity contribution is 7.89. The number of sulfonamides is 1. The molecule has 31 heavy (non-hydrogen) atoms. The minimum Gasteiger partial charge on any atom is -0.459 e. The lowest BCUT2D eigenvalue weighted by molar-refractivity contribution is -0.119. The molecule has 2 aromatic rings. The zero-order chi connectivity index (χ0) is 22.0. The Hall–Kier alpha value is -2.65. The van der Waals surface area contributed by atoms with Crippen molar-refractivity contribution >= 4 is 27.5 Å². The maximum absolute atomic E-state index is 13.0. The maximum Gasteiger partial charge on any atom is 0.290 e. The third kappa shape index (κ3) is 4.38. The molecule has 1 atom stereocenters. The Morgan fingerprint density at radius 1 is 1.06 bits per heavy atom. The molecule has 2 fully saturated rings. The Balaban J connectivity index is 1.53. The highest BCUT2D eigenvalue weighted by atomic mass is 32.2. The van der Waals surface area contributed by atoms with Crippen LogP contribution in [0, 0.1) is 6.92 Å². The molecule has 2 amide bonds. The van der Waals surface area contributed by atoms with Crippen LogP contribution in [-0.2, 0) is 14.8 Å². The quantitative estimate of drug-likeness (QED) is 0.763. The second-order valence-electron chi connectivity index (χ2n) is 8.06. The zero-order valence-corrected chi connectivity index (χ0v) is 18.4. The van der Waals surface area contributed by atoms with Gasteiger partial charge in [0.2, 0.25) is 15.9 Å². The number of nitrogens with one attached hydrogen (secondary N) is 1. The van der Waals surface area contributed by atoms with Gasteiger partial charge in [-0.2, -0.15) is 4.31 Å². The van der Waals surface area contributed by atoms with Crippen LogP contribution >= 0.6 is 0 Å². The number of hydrogen-bond acceptors (Lipinski definition) is 5. The molecule has 0 aliphatic carbocycles. The van der Waals surface area contributed by atoms with Gasteiger partial charge in [-0.3, -0.25) is 9.59 Å². The molecule has 1 aromatic heterocycles. The summed E-state index contributed by atoms with van der Waals surface area (Å²) in [6.45, 7) is 3.32. The topological polar surface area (TPSA) is 99.9 Å². The second kappa shape index (κ2) is 8.84. The van der Waals surface area contributed by atoms with E-state index in [0.29, 0.717) is 38.2 Å². The van der Waals surface area contributed by atoms with Gasteiger partial charge in [0.1, 0.15) is 6.04 Å². The van der Waals surface area contributed by atoms with Crippen molar-refractivity contribution in [1.82, 2.24) is 9.21 Å². The fourth-order valence-corrected chi connectivity index (χ4v) is 5.73. The molecule has 0 bridgehead atoms. The minimum atomic E-state index is -3.60. The maximum atomic E-state index is 13.0. The smallest absolute Gasteiger partial charge is 0.290 e. The van der Waals surface area contributed by atoms with Crippen LogP contribution in [0.2, 0.25) is 0 Å². The molecule has 1 N–H and O–H groups in total. The first-order valence-corrected chi connectivity index (χ1v) is 12.1. The van der Waals surface area contributed by atoms with Gasteiger partial charge in [0.25, 0.3) is 5.91 Å². The van der Waals surface area contributed by atoms with Crippen molar-refractivity contribution in [2.45, 2.75) is 50.0 Å². The summed E-state index contributed by atoms with van der Waals surface area (Å²) >= 11 is 0. The number of anilines is 1. The van der Waals surface area contributed by atoms with Crippen molar-refractivity contribution in [2.24, 2.45) is 0 Å².